The van der Waals surface area contributed by atoms with Crippen molar-refractivity contribution in [2.24, 2.45) is 0 Å². The van der Waals surface area contributed by atoms with E-state index in [0.29, 0.717) is 5.52 Å². The van der Waals surface area contributed by atoms with Gasteiger partial charge in [0.05, 0.1) is 5.69 Å². The van der Waals surface area contributed by atoms with E-state index in [9.17, 15) is 5.11 Å². The lowest BCUT2D eigenvalue weighted by molar-refractivity contribution is 0.480. The summed E-state index contributed by atoms with van der Waals surface area (Å²) < 4.78 is 0. The Morgan fingerprint density at radius 1 is 0.900 bits per heavy atom. The predicted molar refractivity (Wildman–Crippen MR) is 83.8 cm³/mol. The smallest absolute Gasteiger partial charge is 0.141 e. The van der Waals surface area contributed by atoms with Gasteiger partial charge in [0.15, 0.2) is 0 Å². The summed E-state index contributed by atoms with van der Waals surface area (Å²) in [4.78, 5) is 4.44. The Labute approximate surface area is 122 Å². The molecule has 0 radical (unpaired) electrons. The third kappa shape index (κ3) is 2.65. The van der Waals surface area contributed by atoms with Crippen LogP contribution in [-0.4, -0.2) is 10.1 Å². The summed E-state index contributed by atoms with van der Waals surface area (Å²) in [5.74, 6) is 0.198. The minimum Gasteiger partial charge on any atom is -0.506 e. The van der Waals surface area contributed by atoms with E-state index in [-0.39, 0.29) is 5.75 Å². The highest BCUT2D eigenvalue weighted by Gasteiger charge is 2.00. The lowest BCUT2D eigenvalue weighted by atomic mass is 10.1. The van der Waals surface area contributed by atoms with Crippen molar-refractivity contribution in [3.05, 3.63) is 70.9 Å². The fourth-order valence-electron chi connectivity index (χ4n) is 1.99. The number of halogens is 1. The molecule has 0 aliphatic rings. The van der Waals surface area contributed by atoms with E-state index in [0.717, 1.165) is 21.7 Å². The van der Waals surface area contributed by atoms with E-state index >= 15 is 0 Å². The Morgan fingerprint density at radius 2 is 1.70 bits per heavy atom. The van der Waals surface area contributed by atoms with Gasteiger partial charge in [-0.3, -0.25) is 0 Å². The van der Waals surface area contributed by atoms with Crippen molar-refractivity contribution in [1.82, 2.24) is 4.98 Å². The number of phenolic OH excluding ortho intramolecular Hbond substituents is 1. The van der Waals surface area contributed by atoms with Crippen molar-refractivity contribution in [2.45, 2.75) is 0 Å². The highest BCUT2D eigenvalue weighted by atomic mass is 35.5. The van der Waals surface area contributed by atoms with Crippen LogP contribution in [0.25, 0.3) is 23.1 Å². The van der Waals surface area contributed by atoms with E-state index in [1.54, 1.807) is 6.07 Å². The van der Waals surface area contributed by atoms with Crippen LogP contribution in [0.4, 0.5) is 0 Å². The second-order valence-electron chi connectivity index (χ2n) is 4.47. The number of para-hydroxylation sites is 1. The maximum Gasteiger partial charge on any atom is 0.141 e. The summed E-state index contributed by atoms with van der Waals surface area (Å²) in [5, 5.41) is 11.5. The fraction of sp³-hybridized carbons (Fsp3) is 0. The topological polar surface area (TPSA) is 33.1 Å². The maximum atomic E-state index is 9.81. The summed E-state index contributed by atoms with van der Waals surface area (Å²) in [6.45, 7) is 0. The normalized spacial score (nSPS) is 11.2. The van der Waals surface area contributed by atoms with Crippen molar-refractivity contribution >= 4 is 34.7 Å². The van der Waals surface area contributed by atoms with Gasteiger partial charge in [-0.05, 0) is 35.9 Å². The van der Waals surface area contributed by atoms with Crippen LogP contribution in [0.1, 0.15) is 11.3 Å². The first-order chi connectivity index (χ1) is 9.72. The van der Waals surface area contributed by atoms with Gasteiger partial charge in [0.2, 0.25) is 0 Å². The molecule has 2 nitrogen and oxygen atoms in total. The van der Waals surface area contributed by atoms with Crippen molar-refractivity contribution in [2.75, 3.05) is 0 Å². The van der Waals surface area contributed by atoms with E-state index in [1.165, 1.54) is 0 Å². The Hall–Kier alpha value is -2.32. The fourth-order valence-corrected chi connectivity index (χ4v) is 2.12. The Morgan fingerprint density at radius 3 is 2.50 bits per heavy atom. The maximum absolute atomic E-state index is 9.81. The Bertz CT molecular complexity index is 779. The molecule has 1 heterocycles. The molecule has 0 aliphatic heterocycles. The number of hydrogen-bond donors (Lipinski definition) is 1. The second-order valence-corrected chi connectivity index (χ2v) is 4.91. The first-order valence-electron chi connectivity index (χ1n) is 6.25. The first-order valence-corrected chi connectivity index (χ1v) is 6.62. The van der Waals surface area contributed by atoms with Gasteiger partial charge < -0.3 is 5.11 Å². The Balaban J connectivity index is 1.94. The summed E-state index contributed by atoms with van der Waals surface area (Å²) in [6.07, 6.45) is 3.87. The number of phenols is 1. The lowest BCUT2D eigenvalue weighted by Gasteiger charge is -2.01. The molecule has 0 fully saturated rings. The molecular weight excluding hydrogens is 270 g/mol. The van der Waals surface area contributed by atoms with Crippen molar-refractivity contribution in [1.29, 1.82) is 0 Å². The summed E-state index contributed by atoms with van der Waals surface area (Å²) in [7, 11) is 0. The zero-order valence-electron chi connectivity index (χ0n) is 10.6. The minimum absolute atomic E-state index is 0.198. The zero-order chi connectivity index (χ0) is 13.9. The highest BCUT2D eigenvalue weighted by molar-refractivity contribution is 6.30. The Kier molecular flexibility index (Phi) is 3.40. The molecular formula is C17H12ClNO. The van der Waals surface area contributed by atoms with Gasteiger partial charge in [-0.2, -0.15) is 0 Å². The van der Waals surface area contributed by atoms with Gasteiger partial charge in [0, 0.05) is 10.4 Å². The zero-order valence-corrected chi connectivity index (χ0v) is 11.4. The lowest BCUT2D eigenvalue weighted by Crippen LogP contribution is -1.83. The number of nitrogens with zero attached hydrogens (tertiary/aromatic N) is 1. The molecule has 3 rings (SSSR count). The number of pyridine rings is 1. The van der Waals surface area contributed by atoms with Crippen LogP contribution in [0.15, 0.2) is 54.6 Å². The third-order valence-electron chi connectivity index (χ3n) is 3.04. The molecule has 0 aliphatic carbocycles. The van der Waals surface area contributed by atoms with Gasteiger partial charge in [-0.1, -0.05) is 48.0 Å². The number of aromatic hydroxyl groups is 1. The minimum atomic E-state index is 0.198. The van der Waals surface area contributed by atoms with Crippen LogP contribution in [-0.2, 0) is 0 Å². The number of rotatable bonds is 2. The van der Waals surface area contributed by atoms with Crippen LogP contribution in [0, 0.1) is 0 Å². The van der Waals surface area contributed by atoms with Gasteiger partial charge in [0.1, 0.15) is 11.3 Å². The van der Waals surface area contributed by atoms with Gasteiger partial charge >= 0.3 is 0 Å². The van der Waals surface area contributed by atoms with Crippen LogP contribution in [0.3, 0.4) is 0 Å². The molecule has 0 bridgehead atoms. The number of hydrogen-bond acceptors (Lipinski definition) is 2. The van der Waals surface area contributed by atoms with Gasteiger partial charge in [-0.25, -0.2) is 4.98 Å². The summed E-state index contributed by atoms with van der Waals surface area (Å²) >= 11 is 5.85. The molecule has 2 aromatic carbocycles. The van der Waals surface area contributed by atoms with Crippen molar-refractivity contribution < 1.29 is 5.11 Å². The van der Waals surface area contributed by atoms with Crippen LogP contribution < -0.4 is 0 Å². The summed E-state index contributed by atoms with van der Waals surface area (Å²) in [6, 6.07) is 16.8. The largest absolute Gasteiger partial charge is 0.506 e. The molecule has 98 valence electrons. The van der Waals surface area contributed by atoms with Gasteiger partial charge in [-0.15, -0.1) is 0 Å². The molecule has 0 unspecified atom stereocenters. The molecule has 0 amide bonds. The van der Waals surface area contributed by atoms with E-state index < -0.39 is 0 Å². The molecule has 1 N–H and O–H groups in total. The molecule has 0 saturated carbocycles. The van der Waals surface area contributed by atoms with Crippen LogP contribution >= 0.6 is 11.6 Å². The SMILES string of the molecule is Oc1cccc2ccc(/C=C/c3ccc(Cl)cc3)nc12. The molecule has 3 heteroatoms. The monoisotopic (exact) mass is 281 g/mol. The standard InChI is InChI=1S/C17H12ClNO/c18-14-8-4-12(5-9-14)6-10-15-11-7-13-2-1-3-16(20)17(13)19-15/h1-11,20H/b10-6+. The molecule has 0 spiro atoms. The van der Waals surface area contributed by atoms with Gasteiger partial charge in [0.25, 0.3) is 0 Å². The predicted octanol–water partition coefficient (Wildman–Crippen LogP) is 4.76. The number of benzene rings is 2. The molecule has 0 atom stereocenters. The van der Waals surface area contributed by atoms with Crippen LogP contribution in [0.5, 0.6) is 5.75 Å². The second kappa shape index (κ2) is 5.35. The van der Waals surface area contributed by atoms with Crippen LogP contribution in [0.2, 0.25) is 5.02 Å². The summed E-state index contributed by atoms with van der Waals surface area (Å²) in [5.41, 5.74) is 2.47. The van der Waals surface area contributed by atoms with E-state index in [4.69, 9.17) is 11.6 Å². The molecule has 0 saturated heterocycles. The van der Waals surface area contributed by atoms with E-state index in [1.807, 2.05) is 60.7 Å². The van der Waals surface area contributed by atoms with Crippen molar-refractivity contribution in [3.8, 4) is 5.75 Å². The van der Waals surface area contributed by atoms with E-state index in [2.05, 4.69) is 4.98 Å². The average Bonchev–Trinajstić information content (AvgIpc) is 2.47. The first kappa shape index (κ1) is 12.7. The number of fused-ring (bicyclic) bond motifs is 1. The average molecular weight is 282 g/mol. The molecule has 3 aromatic rings. The molecule has 1 aromatic heterocycles. The number of aromatic nitrogens is 1. The van der Waals surface area contributed by atoms with Crippen molar-refractivity contribution in [3.63, 3.8) is 0 Å². The third-order valence-corrected chi connectivity index (χ3v) is 3.29. The highest BCUT2D eigenvalue weighted by Crippen LogP contribution is 2.23. The molecule has 20 heavy (non-hydrogen) atoms. The quantitative estimate of drug-likeness (QED) is 0.734.